The molecule has 0 atom stereocenters. The molecule has 0 unspecified atom stereocenters. The van der Waals surface area contributed by atoms with E-state index in [1.54, 1.807) is 47.4 Å². The molecule has 0 aliphatic carbocycles. The van der Waals surface area contributed by atoms with Crippen LogP contribution in [0, 0.1) is 11.3 Å². The summed E-state index contributed by atoms with van der Waals surface area (Å²) in [6, 6.07) is 19.1. The molecule has 4 rings (SSSR count). The fraction of sp³-hybridized carbons (Fsp3) is 0.222. The Morgan fingerprint density at radius 2 is 1.70 bits per heavy atom. The van der Waals surface area contributed by atoms with Crippen LogP contribution in [-0.2, 0) is 26.8 Å². The number of halogens is 1. The first-order chi connectivity index (χ1) is 20.0. The van der Waals surface area contributed by atoms with Crippen molar-refractivity contribution in [2.45, 2.75) is 37.9 Å². The summed E-state index contributed by atoms with van der Waals surface area (Å²) < 4.78 is 63.1. The van der Waals surface area contributed by atoms with Gasteiger partial charge in [-0.3, -0.25) is 9.45 Å². The molecule has 1 heterocycles. The lowest BCUT2D eigenvalue weighted by Crippen LogP contribution is -2.54. The van der Waals surface area contributed by atoms with Crippen LogP contribution in [0.1, 0.15) is 31.9 Å². The van der Waals surface area contributed by atoms with Crippen molar-refractivity contribution >= 4 is 49.4 Å². The average molecular weight is 649 g/mol. The number of nitrogens with two attached hydrogens (primary N) is 2. The van der Waals surface area contributed by atoms with E-state index in [0.717, 1.165) is 0 Å². The van der Waals surface area contributed by atoms with E-state index < -0.39 is 25.9 Å². The van der Waals surface area contributed by atoms with Crippen molar-refractivity contribution in [2.75, 3.05) is 10.7 Å². The SMILES string of the molecule is CC1(C)N=C(N)N=C(N)N1c1ccc(OCc2ccc(S(=O)(=O)Oc3cccc(C#N)c3)cc2)c(Cl)c1.CCS(=O)(=O)O. The summed E-state index contributed by atoms with van der Waals surface area (Å²) in [6.45, 7) is 5.20. The first-order valence-corrected chi connectivity index (χ1v) is 15.8. The van der Waals surface area contributed by atoms with Crippen LogP contribution in [-0.4, -0.2) is 44.7 Å². The predicted molar refractivity (Wildman–Crippen MR) is 163 cm³/mol. The fourth-order valence-electron chi connectivity index (χ4n) is 3.70. The first kappa shape index (κ1) is 33.1. The predicted octanol–water partition coefficient (Wildman–Crippen LogP) is 3.64. The molecule has 228 valence electrons. The Morgan fingerprint density at radius 1 is 1.05 bits per heavy atom. The highest BCUT2D eigenvalue weighted by atomic mass is 35.5. The number of ether oxygens (including phenoxy) is 1. The zero-order chi connectivity index (χ0) is 32.0. The standard InChI is InChI=1S/C25H23ClN6O4S.C2H6O3S/c1-25(2)31-23(28)30-24(29)32(25)18-8-11-22(21(26)13-18)35-15-16-6-9-20(10-7-16)37(33,34)36-19-5-3-4-17(12-19)14-27;1-2-6(3,4)5/h3-13H,15H2,1-2H3,(H4,28,29,30,31);2H2,1H3,(H,3,4,5). The minimum atomic E-state index is -4.07. The third kappa shape index (κ3) is 9.06. The van der Waals surface area contributed by atoms with Crippen molar-refractivity contribution in [3.8, 4) is 17.6 Å². The monoisotopic (exact) mass is 648 g/mol. The Labute approximate surface area is 254 Å². The van der Waals surface area contributed by atoms with E-state index in [0.29, 0.717) is 27.6 Å². The van der Waals surface area contributed by atoms with Gasteiger partial charge in [0.2, 0.25) is 11.9 Å². The molecular weight excluding hydrogens is 620 g/mol. The molecule has 43 heavy (non-hydrogen) atoms. The number of hydrogen-bond acceptors (Lipinski definition) is 12. The van der Waals surface area contributed by atoms with Crippen LogP contribution in [0.5, 0.6) is 11.5 Å². The molecule has 0 fully saturated rings. The number of nitrogens with zero attached hydrogens (tertiary/aromatic N) is 4. The lowest BCUT2D eigenvalue weighted by molar-refractivity contribution is 0.306. The van der Waals surface area contributed by atoms with Crippen molar-refractivity contribution in [2.24, 2.45) is 21.5 Å². The second kappa shape index (κ2) is 13.3. The van der Waals surface area contributed by atoms with Gasteiger partial charge in [-0.05, 0) is 74.9 Å². The number of aliphatic imine (C=N–C) groups is 2. The summed E-state index contributed by atoms with van der Waals surface area (Å²) in [5.41, 5.74) is 12.7. The van der Waals surface area contributed by atoms with Gasteiger partial charge in [-0.2, -0.15) is 27.1 Å². The highest BCUT2D eigenvalue weighted by Gasteiger charge is 2.33. The summed E-state index contributed by atoms with van der Waals surface area (Å²) in [6.07, 6.45) is 0. The van der Waals surface area contributed by atoms with Gasteiger partial charge >= 0.3 is 10.1 Å². The highest BCUT2D eigenvalue weighted by molar-refractivity contribution is 7.87. The van der Waals surface area contributed by atoms with Gasteiger partial charge in [-0.1, -0.05) is 29.8 Å². The molecule has 0 aromatic heterocycles. The minimum Gasteiger partial charge on any atom is -0.487 e. The molecule has 5 N–H and O–H groups in total. The molecule has 3 aromatic rings. The van der Waals surface area contributed by atoms with Crippen molar-refractivity contribution in [3.63, 3.8) is 0 Å². The normalized spacial score (nSPS) is 14.4. The summed E-state index contributed by atoms with van der Waals surface area (Å²) in [4.78, 5) is 10.0. The summed E-state index contributed by atoms with van der Waals surface area (Å²) in [7, 11) is -7.74. The van der Waals surface area contributed by atoms with Crippen LogP contribution < -0.4 is 25.3 Å². The maximum absolute atomic E-state index is 12.6. The number of rotatable bonds is 8. The van der Waals surface area contributed by atoms with Crippen LogP contribution in [0.15, 0.2) is 81.6 Å². The van der Waals surface area contributed by atoms with E-state index in [4.69, 9.17) is 41.8 Å². The van der Waals surface area contributed by atoms with E-state index in [1.165, 1.54) is 31.2 Å². The quantitative estimate of drug-likeness (QED) is 0.237. The van der Waals surface area contributed by atoms with Crippen LogP contribution in [0.3, 0.4) is 0 Å². The largest absolute Gasteiger partial charge is 0.487 e. The lowest BCUT2D eigenvalue weighted by Gasteiger charge is -2.38. The Balaban J connectivity index is 0.000000765. The van der Waals surface area contributed by atoms with Gasteiger partial charge in [0.25, 0.3) is 10.1 Å². The Bertz CT molecular complexity index is 1800. The zero-order valence-corrected chi connectivity index (χ0v) is 25.7. The van der Waals surface area contributed by atoms with Crippen molar-refractivity contribution in [1.82, 2.24) is 0 Å². The molecule has 0 bridgehead atoms. The summed E-state index contributed by atoms with van der Waals surface area (Å²) in [5.74, 6) is 0.576. The van der Waals surface area contributed by atoms with Crippen LogP contribution in [0.25, 0.3) is 0 Å². The van der Waals surface area contributed by atoms with Crippen molar-refractivity contribution in [1.29, 1.82) is 5.26 Å². The van der Waals surface area contributed by atoms with E-state index >= 15 is 0 Å². The minimum absolute atomic E-state index is 0.0345. The summed E-state index contributed by atoms with van der Waals surface area (Å²) in [5, 5.41) is 9.32. The topological polar surface area (TPSA) is 211 Å². The van der Waals surface area contributed by atoms with E-state index in [9.17, 15) is 16.8 Å². The third-order valence-corrected chi connectivity index (χ3v) is 7.99. The van der Waals surface area contributed by atoms with Gasteiger partial charge in [0, 0.05) is 5.69 Å². The average Bonchev–Trinajstić information content (AvgIpc) is 2.91. The van der Waals surface area contributed by atoms with Gasteiger partial charge in [-0.15, -0.1) is 0 Å². The second-order valence-corrected chi connectivity index (χ2v) is 13.1. The highest BCUT2D eigenvalue weighted by Crippen LogP contribution is 2.34. The maximum atomic E-state index is 12.6. The smallest absolute Gasteiger partial charge is 0.339 e. The molecule has 1 aliphatic rings. The molecule has 16 heteroatoms. The fourth-order valence-corrected chi connectivity index (χ4v) is 4.85. The molecule has 0 amide bonds. The number of hydrogen-bond donors (Lipinski definition) is 3. The molecule has 3 aromatic carbocycles. The molecule has 0 spiro atoms. The Hall–Kier alpha value is -4.36. The third-order valence-electron chi connectivity index (χ3n) is 5.71. The first-order valence-electron chi connectivity index (χ1n) is 12.5. The number of guanidine groups is 2. The lowest BCUT2D eigenvalue weighted by atomic mass is 10.1. The van der Waals surface area contributed by atoms with E-state index in [1.807, 2.05) is 19.9 Å². The Kier molecular flexibility index (Phi) is 10.3. The van der Waals surface area contributed by atoms with Gasteiger partial charge in [0.05, 0.1) is 22.4 Å². The van der Waals surface area contributed by atoms with E-state index in [2.05, 4.69) is 9.98 Å². The maximum Gasteiger partial charge on any atom is 0.339 e. The molecular formula is C27H29ClN6O7S2. The number of benzene rings is 3. The number of anilines is 1. The molecule has 1 aliphatic heterocycles. The summed E-state index contributed by atoms with van der Waals surface area (Å²) >= 11 is 6.46. The number of nitriles is 1. The molecule has 0 radical (unpaired) electrons. The van der Waals surface area contributed by atoms with Crippen LogP contribution in [0.2, 0.25) is 5.02 Å². The molecule has 0 saturated carbocycles. The van der Waals surface area contributed by atoms with E-state index in [-0.39, 0.29) is 34.9 Å². The van der Waals surface area contributed by atoms with Crippen molar-refractivity contribution in [3.05, 3.63) is 82.9 Å². The van der Waals surface area contributed by atoms with Gasteiger partial charge in [0.15, 0.2) is 0 Å². The van der Waals surface area contributed by atoms with Crippen LogP contribution >= 0.6 is 11.6 Å². The molecule has 0 saturated heterocycles. The van der Waals surface area contributed by atoms with Gasteiger partial charge in [-0.25, -0.2) is 4.99 Å². The molecule has 13 nitrogen and oxygen atoms in total. The zero-order valence-electron chi connectivity index (χ0n) is 23.3. The van der Waals surface area contributed by atoms with Crippen LogP contribution in [0.4, 0.5) is 5.69 Å². The van der Waals surface area contributed by atoms with Gasteiger partial charge < -0.3 is 20.4 Å². The second-order valence-electron chi connectivity index (χ2n) is 9.36. The Morgan fingerprint density at radius 3 is 2.26 bits per heavy atom. The van der Waals surface area contributed by atoms with Crippen molar-refractivity contribution < 1.29 is 30.3 Å². The van der Waals surface area contributed by atoms with Gasteiger partial charge in [0.1, 0.15) is 28.7 Å².